The predicted molar refractivity (Wildman–Crippen MR) is 93.6 cm³/mol. The molecule has 136 valence electrons. The van der Waals surface area contributed by atoms with Crippen LogP contribution in [0.4, 0.5) is 0 Å². The van der Waals surface area contributed by atoms with Gasteiger partial charge in [0.1, 0.15) is 0 Å². The van der Waals surface area contributed by atoms with Crippen LogP contribution in [0.3, 0.4) is 0 Å². The summed E-state index contributed by atoms with van der Waals surface area (Å²) in [4.78, 5) is 14.6. The average Bonchev–Trinajstić information content (AvgIpc) is 3.24. The summed E-state index contributed by atoms with van der Waals surface area (Å²) < 4.78 is 5.21. The van der Waals surface area contributed by atoms with Crippen LogP contribution >= 0.6 is 0 Å². The van der Waals surface area contributed by atoms with Gasteiger partial charge in [0.05, 0.1) is 18.7 Å². The molecule has 4 aliphatic rings. The Bertz CT molecular complexity index is 450. The monoisotopic (exact) mass is 335 g/mol. The predicted octanol–water partition coefficient (Wildman–Crippen LogP) is 1.87. The molecule has 24 heavy (non-hydrogen) atoms. The van der Waals surface area contributed by atoms with Crippen molar-refractivity contribution in [3.63, 3.8) is 0 Å². The summed E-state index contributed by atoms with van der Waals surface area (Å²) in [5, 5.41) is 7.52. The van der Waals surface area contributed by atoms with E-state index in [0.717, 1.165) is 31.2 Å². The summed E-state index contributed by atoms with van der Waals surface area (Å²) in [6.07, 6.45) is 10.3. The third-order valence-electron chi connectivity index (χ3n) is 6.97. The normalized spacial score (nSPS) is 40.8. The molecule has 0 amide bonds. The Labute approximate surface area is 145 Å². The highest BCUT2D eigenvalue weighted by Gasteiger charge is 2.52. The van der Waals surface area contributed by atoms with E-state index in [9.17, 15) is 4.79 Å². The summed E-state index contributed by atoms with van der Waals surface area (Å²) in [7, 11) is 0. The lowest BCUT2D eigenvalue weighted by Crippen LogP contribution is -2.69. The third-order valence-corrected chi connectivity index (χ3v) is 6.97. The Kier molecular flexibility index (Phi) is 4.85. The van der Waals surface area contributed by atoms with Crippen molar-refractivity contribution in [2.45, 2.75) is 76.0 Å². The number of hydrogen-bond acceptors (Lipinski definition) is 5. The van der Waals surface area contributed by atoms with Crippen LogP contribution in [0, 0.1) is 11.8 Å². The van der Waals surface area contributed by atoms with E-state index in [1.54, 1.807) is 0 Å². The van der Waals surface area contributed by atoms with Gasteiger partial charge in [0.2, 0.25) is 0 Å². The van der Waals surface area contributed by atoms with Gasteiger partial charge in [-0.3, -0.25) is 15.0 Å². The van der Waals surface area contributed by atoms with Crippen molar-refractivity contribution in [2.75, 3.05) is 26.2 Å². The number of rotatable bonds is 4. The van der Waals surface area contributed by atoms with E-state index in [2.05, 4.69) is 15.5 Å². The molecule has 0 radical (unpaired) electrons. The molecule has 3 aliphatic heterocycles. The molecular weight excluding hydrogens is 302 g/mol. The van der Waals surface area contributed by atoms with Crippen LogP contribution in [0.15, 0.2) is 0 Å². The second-order valence-corrected chi connectivity index (χ2v) is 8.41. The minimum atomic E-state index is 0.0181. The molecule has 0 bridgehead atoms. The molecule has 2 N–H and O–H groups in total. The number of hydrogen-bond donors (Lipinski definition) is 2. The second-order valence-electron chi connectivity index (χ2n) is 8.41. The number of nitrogens with zero attached hydrogens (tertiary/aromatic N) is 1. The van der Waals surface area contributed by atoms with Crippen LogP contribution in [0.25, 0.3) is 0 Å². The Morgan fingerprint density at radius 1 is 1.21 bits per heavy atom. The Morgan fingerprint density at radius 2 is 2.00 bits per heavy atom. The number of nitrogens with one attached hydrogen (secondary N) is 2. The van der Waals surface area contributed by atoms with Crippen molar-refractivity contribution in [3.8, 4) is 0 Å². The zero-order valence-electron chi connectivity index (χ0n) is 15.1. The standard InChI is InChI=1S/C19H33N3O2/c1-2-24-18(23)15-5-8-19(12-15)13-17(21-19)22-10-6-14(7-11-22)16-4-3-9-20-16/h14-17,20-21H,2-13H2,1H3/t15?,16-,17?,19?/m0/s1. The zero-order chi connectivity index (χ0) is 16.6. The molecular formula is C19H33N3O2. The Morgan fingerprint density at radius 3 is 2.67 bits per heavy atom. The van der Waals surface area contributed by atoms with Gasteiger partial charge >= 0.3 is 5.97 Å². The summed E-state index contributed by atoms with van der Waals surface area (Å²) in [5.74, 6) is 1.03. The molecule has 4 fully saturated rings. The number of likely N-dealkylation sites (tertiary alicyclic amines) is 1. The van der Waals surface area contributed by atoms with Crippen molar-refractivity contribution in [1.29, 1.82) is 0 Å². The zero-order valence-corrected chi connectivity index (χ0v) is 15.1. The summed E-state index contributed by atoms with van der Waals surface area (Å²) >= 11 is 0. The molecule has 5 heteroatoms. The number of carbonyl (C=O) groups excluding carboxylic acids is 1. The number of ether oxygens (including phenoxy) is 1. The largest absolute Gasteiger partial charge is 0.466 e. The molecule has 3 unspecified atom stereocenters. The maximum absolute atomic E-state index is 12.0. The minimum absolute atomic E-state index is 0.0181. The molecule has 0 aromatic carbocycles. The minimum Gasteiger partial charge on any atom is -0.466 e. The van der Waals surface area contributed by atoms with E-state index >= 15 is 0 Å². The lowest BCUT2D eigenvalue weighted by Gasteiger charge is -2.53. The van der Waals surface area contributed by atoms with E-state index < -0.39 is 0 Å². The molecule has 4 rings (SSSR count). The fourth-order valence-electron chi connectivity index (χ4n) is 5.57. The molecule has 5 nitrogen and oxygen atoms in total. The lowest BCUT2D eigenvalue weighted by atomic mass is 9.80. The summed E-state index contributed by atoms with van der Waals surface area (Å²) in [6.45, 7) is 6.09. The first kappa shape index (κ1) is 16.8. The van der Waals surface area contributed by atoms with E-state index in [4.69, 9.17) is 4.74 Å². The molecule has 1 spiro atoms. The van der Waals surface area contributed by atoms with Gasteiger partial charge in [-0.25, -0.2) is 0 Å². The van der Waals surface area contributed by atoms with E-state index in [1.165, 1.54) is 51.7 Å². The van der Waals surface area contributed by atoms with E-state index in [0.29, 0.717) is 12.8 Å². The fourth-order valence-corrected chi connectivity index (χ4v) is 5.57. The highest BCUT2D eigenvalue weighted by atomic mass is 16.5. The van der Waals surface area contributed by atoms with Crippen molar-refractivity contribution in [2.24, 2.45) is 11.8 Å². The average molecular weight is 335 g/mol. The van der Waals surface area contributed by atoms with Crippen LogP contribution in [0.2, 0.25) is 0 Å². The van der Waals surface area contributed by atoms with Crippen LogP contribution in [0.5, 0.6) is 0 Å². The molecule has 1 aliphatic carbocycles. The number of esters is 1. The van der Waals surface area contributed by atoms with Gasteiger partial charge in [-0.05, 0) is 83.8 Å². The van der Waals surface area contributed by atoms with Gasteiger partial charge in [-0.2, -0.15) is 0 Å². The topological polar surface area (TPSA) is 53.6 Å². The third kappa shape index (κ3) is 3.23. The molecule has 3 heterocycles. The highest BCUT2D eigenvalue weighted by Crippen LogP contribution is 2.45. The molecule has 1 saturated carbocycles. The Hall–Kier alpha value is -0.650. The first-order valence-corrected chi connectivity index (χ1v) is 10.1. The van der Waals surface area contributed by atoms with Crippen molar-refractivity contribution >= 4 is 5.97 Å². The van der Waals surface area contributed by atoms with Gasteiger partial charge in [-0.1, -0.05) is 0 Å². The smallest absolute Gasteiger partial charge is 0.308 e. The summed E-state index contributed by atoms with van der Waals surface area (Å²) in [6, 6.07) is 0.785. The van der Waals surface area contributed by atoms with Crippen LogP contribution in [-0.2, 0) is 9.53 Å². The van der Waals surface area contributed by atoms with E-state index in [1.807, 2.05) is 6.92 Å². The molecule has 0 aromatic heterocycles. The maximum atomic E-state index is 12.0. The molecule has 4 atom stereocenters. The van der Waals surface area contributed by atoms with Gasteiger partial charge in [0.25, 0.3) is 0 Å². The second kappa shape index (κ2) is 6.93. The van der Waals surface area contributed by atoms with Gasteiger partial charge < -0.3 is 10.1 Å². The van der Waals surface area contributed by atoms with E-state index in [-0.39, 0.29) is 17.4 Å². The first-order chi connectivity index (χ1) is 11.7. The van der Waals surface area contributed by atoms with Crippen LogP contribution in [0.1, 0.15) is 58.3 Å². The van der Waals surface area contributed by atoms with Crippen molar-refractivity contribution in [1.82, 2.24) is 15.5 Å². The fraction of sp³-hybridized carbons (Fsp3) is 0.947. The number of piperidine rings is 1. The lowest BCUT2D eigenvalue weighted by molar-refractivity contribution is -0.148. The van der Waals surface area contributed by atoms with Crippen molar-refractivity contribution in [3.05, 3.63) is 0 Å². The quantitative estimate of drug-likeness (QED) is 0.768. The van der Waals surface area contributed by atoms with Gasteiger partial charge in [0.15, 0.2) is 0 Å². The van der Waals surface area contributed by atoms with Crippen LogP contribution < -0.4 is 10.6 Å². The Balaban J connectivity index is 1.22. The van der Waals surface area contributed by atoms with Crippen molar-refractivity contribution < 1.29 is 9.53 Å². The number of carbonyl (C=O) groups is 1. The first-order valence-electron chi connectivity index (χ1n) is 10.1. The molecule has 0 aromatic rings. The van der Waals surface area contributed by atoms with Gasteiger partial charge in [0, 0.05) is 11.6 Å². The van der Waals surface area contributed by atoms with Crippen LogP contribution in [-0.4, -0.2) is 54.9 Å². The maximum Gasteiger partial charge on any atom is 0.308 e. The van der Waals surface area contributed by atoms with Gasteiger partial charge in [-0.15, -0.1) is 0 Å². The molecule has 3 saturated heterocycles. The highest BCUT2D eigenvalue weighted by molar-refractivity contribution is 5.73. The summed E-state index contributed by atoms with van der Waals surface area (Å²) in [5.41, 5.74) is 0.228. The SMILES string of the molecule is CCOC(=O)C1CCC2(C1)CC(N1CCC([C@@H]3CCCN3)CC1)N2.